The summed E-state index contributed by atoms with van der Waals surface area (Å²) in [5.41, 5.74) is 0.710. The summed E-state index contributed by atoms with van der Waals surface area (Å²) in [6.07, 6.45) is 9.56. The highest BCUT2D eigenvalue weighted by molar-refractivity contribution is 5.46. The number of nitrogens with zero attached hydrogens (tertiary/aromatic N) is 6. The second kappa shape index (κ2) is 5.00. The molecule has 20 heavy (non-hydrogen) atoms. The first-order chi connectivity index (χ1) is 9.92. The number of tetrazole rings is 1. The zero-order chi connectivity index (χ0) is 13.4. The first-order valence-corrected chi connectivity index (χ1v) is 7.74. The number of rotatable bonds is 2. The maximum Gasteiger partial charge on any atom is 0.200 e. The topological polar surface area (TPSA) is 59.2 Å². The van der Waals surface area contributed by atoms with Crippen molar-refractivity contribution in [2.45, 2.75) is 51.0 Å². The predicted molar refractivity (Wildman–Crippen MR) is 75.5 cm³/mol. The van der Waals surface area contributed by atoms with Crippen molar-refractivity contribution in [3.63, 3.8) is 0 Å². The molecule has 1 saturated heterocycles. The van der Waals surface area contributed by atoms with E-state index in [1.807, 2.05) is 6.07 Å². The zero-order valence-electron chi connectivity index (χ0n) is 11.6. The van der Waals surface area contributed by atoms with Crippen LogP contribution >= 0.6 is 0 Å². The summed E-state index contributed by atoms with van der Waals surface area (Å²) in [5.74, 6) is 1.87. The van der Waals surface area contributed by atoms with Crippen molar-refractivity contribution >= 4 is 11.5 Å². The van der Waals surface area contributed by atoms with E-state index in [4.69, 9.17) is 0 Å². The van der Waals surface area contributed by atoms with Crippen molar-refractivity contribution in [2.75, 3.05) is 11.4 Å². The van der Waals surface area contributed by atoms with Gasteiger partial charge in [-0.15, -0.1) is 14.8 Å². The Morgan fingerprint density at radius 3 is 2.80 bits per heavy atom. The third-order valence-corrected chi connectivity index (χ3v) is 4.84. The number of hydrogen-bond donors (Lipinski definition) is 0. The molecule has 0 bridgehead atoms. The molecule has 0 N–H and O–H groups in total. The molecule has 2 aromatic heterocycles. The molecule has 6 heteroatoms. The second-order valence-electron chi connectivity index (χ2n) is 6.02. The van der Waals surface area contributed by atoms with Gasteiger partial charge >= 0.3 is 0 Å². The smallest absolute Gasteiger partial charge is 0.200 e. The average Bonchev–Trinajstić information content (AvgIpc) is 3.16. The van der Waals surface area contributed by atoms with Crippen LogP contribution in [0.1, 0.15) is 44.9 Å². The molecular formula is C14H20N6. The van der Waals surface area contributed by atoms with Gasteiger partial charge in [0.15, 0.2) is 11.5 Å². The molecule has 1 aliphatic heterocycles. The molecule has 0 spiro atoms. The summed E-state index contributed by atoms with van der Waals surface area (Å²) in [5, 5.41) is 16.1. The molecule has 0 radical (unpaired) electrons. The van der Waals surface area contributed by atoms with Gasteiger partial charge in [-0.2, -0.15) is 0 Å². The van der Waals surface area contributed by atoms with Gasteiger partial charge in [0, 0.05) is 12.6 Å². The van der Waals surface area contributed by atoms with E-state index >= 15 is 0 Å². The van der Waals surface area contributed by atoms with Crippen LogP contribution in [0.4, 0.5) is 5.82 Å². The summed E-state index contributed by atoms with van der Waals surface area (Å²) in [4.78, 5) is 2.48. The van der Waals surface area contributed by atoms with E-state index in [9.17, 15) is 0 Å². The molecule has 0 amide bonds. The quantitative estimate of drug-likeness (QED) is 0.837. The highest BCUT2D eigenvalue weighted by Crippen LogP contribution is 2.36. The standard InChI is InChI=1S/C14H20N6/c1-2-5-11(6-3-1)12-7-4-10-19(12)14-9-8-13-15-17-18-20(13)16-14/h8-9,11-12H,1-7,10H2. The molecule has 1 atom stereocenters. The summed E-state index contributed by atoms with van der Waals surface area (Å²) in [6.45, 7) is 1.11. The van der Waals surface area contributed by atoms with E-state index < -0.39 is 0 Å². The average molecular weight is 272 g/mol. The van der Waals surface area contributed by atoms with Crippen LogP contribution in [0.5, 0.6) is 0 Å². The molecular weight excluding hydrogens is 252 g/mol. The fraction of sp³-hybridized carbons (Fsp3) is 0.714. The largest absolute Gasteiger partial charge is 0.352 e. The molecule has 1 aliphatic carbocycles. The monoisotopic (exact) mass is 272 g/mol. The van der Waals surface area contributed by atoms with Crippen molar-refractivity contribution in [3.05, 3.63) is 12.1 Å². The first-order valence-electron chi connectivity index (χ1n) is 7.74. The van der Waals surface area contributed by atoms with Crippen molar-refractivity contribution in [1.82, 2.24) is 25.3 Å². The van der Waals surface area contributed by atoms with Gasteiger partial charge in [-0.25, -0.2) is 0 Å². The molecule has 3 heterocycles. The van der Waals surface area contributed by atoms with Crippen LogP contribution in [-0.2, 0) is 0 Å². The Labute approximate surface area is 118 Å². The van der Waals surface area contributed by atoms with Crippen molar-refractivity contribution in [3.8, 4) is 0 Å². The lowest BCUT2D eigenvalue weighted by Gasteiger charge is -2.34. The summed E-state index contributed by atoms with van der Waals surface area (Å²) in [6, 6.07) is 4.68. The number of aromatic nitrogens is 5. The Morgan fingerprint density at radius 1 is 1.00 bits per heavy atom. The Bertz CT molecular complexity index is 588. The summed E-state index contributed by atoms with van der Waals surface area (Å²) >= 11 is 0. The van der Waals surface area contributed by atoms with Gasteiger partial charge in [0.1, 0.15) is 0 Å². The third-order valence-electron chi connectivity index (χ3n) is 4.84. The SMILES string of the molecule is c1cc2nnnn2nc1N1CCCC1C1CCCCC1. The molecule has 1 saturated carbocycles. The number of fused-ring (bicyclic) bond motifs is 1. The van der Waals surface area contributed by atoms with Gasteiger partial charge in [0.25, 0.3) is 0 Å². The minimum atomic E-state index is 0.664. The third kappa shape index (κ3) is 2.03. The van der Waals surface area contributed by atoms with Crippen molar-refractivity contribution < 1.29 is 0 Å². The molecule has 4 rings (SSSR count). The van der Waals surface area contributed by atoms with Crippen LogP contribution in [0.3, 0.4) is 0 Å². The number of hydrogen-bond acceptors (Lipinski definition) is 5. The minimum Gasteiger partial charge on any atom is -0.352 e. The fourth-order valence-corrected chi connectivity index (χ4v) is 3.88. The van der Waals surface area contributed by atoms with E-state index in [2.05, 4.69) is 31.6 Å². The minimum absolute atomic E-state index is 0.664. The van der Waals surface area contributed by atoms with Crippen LogP contribution in [-0.4, -0.2) is 37.8 Å². The van der Waals surface area contributed by atoms with Gasteiger partial charge in [-0.3, -0.25) is 0 Å². The lowest BCUT2D eigenvalue weighted by molar-refractivity contribution is 0.303. The van der Waals surface area contributed by atoms with Gasteiger partial charge in [0.2, 0.25) is 0 Å². The van der Waals surface area contributed by atoms with Gasteiger partial charge in [-0.05, 0) is 54.2 Å². The Morgan fingerprint density at radius 2 is 1.90 bits per heavy atom. The van der Waals surface area contributed by atoms with E-state index in [1.165, 1.54) is 49.6 Å². The van der Waals surface area contributed by atoms with Gasteiger partial charge < -0.3 is 4.90 Å². The lowest BCUT2D eigenvalue weighted by atomic mass is 9.83. The molecule has 2 aliphatic rings. The van der Waals surface area contributed by atoms with Crippen molar-refractivity contribution in [2.24, 2.45) is 5.92 Å². The lowest BCUT2D eigenvalue weighted by Crippen LogP contribution is -2.37. The Balaban J connectivity index is 1.61. The Hall–Kier alpha value is -1.72. The van der Waals surface area contributed by atoms with Gasteiger partial charge in [0.05, 0.1) is 0 Å². The number of anilines is 1. The molecule has 2 aromatic rings. The molecule has 6 nitrogen and oxygen atoms in total. The van der Waals surface area contributed by atoms with E-state index in [1.54, 1.807) is 0 Å². The fourth-order valence-electron chi connectivity index (χ4n) is 3.88. The maximum atomic E-state index is 4.57. The maximum absolute atomic E-state index is 4.57. The first kappa shape index (κ1) is 12.1. The summed E-state index contributed by atoms with van der Waals surface area (Å²) in [7, 11) is 0. The molecule has 106 valence electrons. The van der Waals surface area contributed by atoms with E-state index in [0.717, 1.165) is 18.3 Å². The highest BCUT2D eigenvalue weighted by Gasteiger charge is 2.33. The molecule has 1 unspecified atom stereocenters. The van der Waals surface area contributed by atoms with Crippen molar-refractivity contribution in [1.29, 1.82) is 0 Å². The second-order valence-corrected chi connectivity index (χ2v) is 6.02. The van der Waals surface area contributed by atoms with Crippen LogP contribution in [0, 0.1) is 5.92 Å². The molecule has 0 aromatic carbocycles. The van der Waals surface area contributed by atoms with Crippen LogP contribution in [0.25, 0.3) is 5.65 Å². The predicted octanol–water partition coefficient (Wildman–Crippen LogP) is 2.07. The van der Waals surface area contributed by atoms with Crippen LogP contribution in [0.2, 0.25) is 0 Å². The van der Waals surface area contributed by atoms with E-state index in [-0.39, 0.29) is 0 Å². The normalized spacial score (nSPS) is 24.6. The molecule has 2 fully saturated rings. The van der Waals surface area contributed by atoms with Crippen LogP contribution < -0.4 is 4.90 Å². The van der Waals surface area contributed by atoms with Gasteiger partial charge in [-0.1, -0.05) is 19.3 Å². The van der Waals surface area contributed by atoms with Crippen LogP contribution in [0.15, 0.2) is 12.1 Å². The summed E-state index contributed by atoms with van der Waals surface area (Å²) < 4.78 is 1.53. The van der Waals surface area contributed by atoms with E-state index in [0.29, 0.717) is 11.7 Å². The zero-order valence-corrected chi connectivity index (χ0v) is 11.6. The highest BCUT2D eigenvalue weighted by atomic mass is 15.6. The Kier molecular flexibility index (Phi) is 3.01.